The van der Waals surface area contributed by atoms with Crippen LogP contribution in [0.15, 0.2) is 48.5 Å². The monoisotopic (exact) mass is 359 g/mol. The van der Waals surface area contributed by atoms with Gasteiger partial charge >= 0.3 is 0 Å². The molecule has 0 radical (unpaired) electrons. The van der Waals surface area contributed by atoms with Crippen molar-refractivity contribution in [3.05, 3.63) is 59.7 Å². The van der Waals surface area contributed by atoms with E-state index in [0.717, 1.165) is 17.5 Å². The number of aryl methyl sites for hydroxylation is 1. The van der Waals surface area contributed by atoms with Gasteiger partial charge in [-0.05, 0) is 36.2 Å². The van der Waals surface area contributed by atoms with Crippen LogP contribution < -0.4 is 15.2 Å². The standard InChI is InChI=1S/C22H21N3O2/c1-4-14-5-7-15(8-6-14)20-12-17(19(13-23)22(24)25-20)18-11-16(26-2)9-10-21(18)27-3/h5-12H,4H2,1-3H3,(H2,24,25). The summed E-state index contributed by atoms with van der Waals surface area (Å²) in [5, 5.41) is 9.64. The normalized spacial score (nSPS) is 10.3. The minimum absolute atomic E-state index is 0.189. The highest BCUT2D eigenvalue weighted by Gasteiger charge is 2.17. The molecule has 5 nitrogen and oxygen atoms in total. The van der Waals surface area contributed by atoms with E-state index in [1.54, 1.807) is 14.2 Å². The van der Waals surface area contributed by atoms with Gasteiger partial charge in [0.2, 0.25) is 0 Å². The fraction of sp³-hybridized carbons (Fsp3) is 0.182. The Hall–Kier alpha value is -3.52. The number of benzene rings is 2. The van der Waals surface area contributed by atoms with Gasteiger partial charge in [0, 0.05) is 16.7 Å². The topological polar surface area (TPSA) is 81.2 Å². The first-order valence-electron chi connectivity index (χ1n) is 8.63. The molecule has 0 aliphatic rings. The van der Waals surface area contributed by atoms with E-state index in [1.165, 1.54) is 5.56 Å². The summed E-state index contributed by atoms with van der Waals surface area (Å²) in [5.74, 6) is 1.48. The van der Waals surface area contributed by atoms with Gasteiger partial charge in [-0.2, -0.15) is 5.26 Å². The predicted molar refractivity (Wildman–Crippen MR) is 107 cm³/mol. The summed E-state index contributed by atoms with van der Waals surface area (Å²) in [5.41, 5.74) is 10.7. The van der Waals surface area contributed by atoms with Crippen molar-refractivity contribution in [3.8, 4) is 40.0 Å². The van der Waals surface area contributed by atoms with Crippen molar-refractivity contribution in [2.75, 3.05) is 20.0 Å². The molecule has 0 saturated heterocycles. The molecule has 0 amide bonds. The zero-order valence-corrected chi connectivity index (χ0v) is 15.6. The van der Waals surface area contributed by atoms with E-state index >= 15 is 0 Å². The lowest BCUT2D eigenvalue weighted by Crippen LogP contribution is -2.01. The molecule has 5 heteroatoms. The first-order valence-corrected chi connectivity index (χ1v) is 8.63. The predicted octanol–water partition coefficient (Wildman–Crippen LogP) is 4.45. The average molecular weight is 359 g/mol. The number of anilines is 1. The molecule has 3 aromatic rings. The smallest absolute Gasteiger partial charge is 0.142 e. The average Bonchev–Trinajstić information content (AvgIpc) is 2.72. The molecule has 2 aromatic carbocycles. The molecule has 136 valence electrons. The van der Waals surface area contributed by atoms with E-state index in [4.69, 9.17) is 15.2 Å². The molecule has 0 unspecified atom stereocenters. The van der Waals surface area contributed by atoms with Crippen LogP contribution in [0.25, 0.3) is 22.4 Å². The summed E-state index contributed by atoms with van der Waals surface area (Å²) in [6, 6.07) is 17.6. The molecule has 0 aliphatic carbocycles. The Morgan fingerprint density at radius 3 is 2.33 bits per heavy atom. The first kappa shape index (κ1) is 18.3. The van der Waals surface area contributed by atoms with Crippen molar-refractivity contribution in [1.82, 2.24) is 4.98 Å². The van der Waals surface area contributed by atoms with E-state index in [-0.39, 0.29) is 5.82 Å². The second-order valence-electron chi connectivity index (χ2n) is 6.04. The SMILES string of the molecule is CCc1ccc(-c2cc(-c3cc(OC)ccc3OC)c(C#N)c(N)n2)cc1. The van der Waals surface area contributed by atoms with E-state index in [2.05, 4.69) is 30.1 Å². The lowest BCUT2D eigenvalue weighted by Gasteiger charge is -2.14. The lowest BCUT2D eigenvalue weighted by atomic mass is 9.97. The number of hydrogen-bond donors (Lipinski definition) is 1. The Balaban J connectivity index is 2.23. The zero-order chi connectivity index (χ0) is 19.4. The minimum Gasteiger partial charge on any atom is -0.497 e. The van der Waals surface area contributed by atoms with Crippen LogP contribution in [0.2, 0.25) is 0 Å². The molecule has 27 heavy (non-hydrogen) atoms. The fourth-order valence-electron chi connectivity index (χ4n) is 2.98. The van der Waals surface area contributed by atoms with E-state index in [1.807, 2.05) is 36.4 Å². The van der Waals surface area contributed by atoms with E-state index < -0.39 is 0 Å². The summed E-state index contributed by atoms with van der Waals surface area (Å²) in [7, 11) is 3.19. The van der Waals surface area contributed by atoms with Crippen molar-refractivity contribution in [2.45, 2.75) is 13.3 Å². The summed E-state index contributed by atoms with van der Waals surface area (Å²) in [4.78, 5) is 4.44. The number of nitrogens with zero attached hydrogens (tertiary/aromatic N) is 2. The quantitative estimate of drug-likeness (QED) is 0.728. The molecule has 3 rings (SSSR count). The number of aromatic nitrogens is 1. The Kier molecular flexibility index (Phi) is 5.28. The van der Waals surface area contributed by atoms with Gasteiger partial charge in [0.15, 0.2) is 0 Å². The Morgan fingerprint density at radius 1 is 1.00 bits per heavy atom. The first-order chi connectivity index (χ1) is 13.1. The molecule has 0 aliphatic heterocycles. The van der Waals surface area contributed by atoms with Crippen molar-refractivity contribution in [3.63, 3.8) is 0 Å². The van der Waals surface area contributed by atoms with Gasteiger partial charge in [0.1, 0.15) is 28.9 Å². The van der Waals surface area contributed by atoms with Crippen LogP contribution in [-0.2, 0) is 6.42 Å². The second-order valence-corrected chi connectivity index (χ2v) is 6.04. The summed E-state index contributed by atoms with van der Waals surface area (Å²) < 4.78 is 10.8. The largest absolute Gasteiger partial charge is 0.497 e. The Morgan fingerprint density at radius 2 is 1.74 bits per heavy atom. The maximum Gasteiger partial charge on any atom is 0.142 e. The van der Waals surface area contributed by atoms with Crippen LogP contribution >= 0.6 is 0 Å². The number of nitrogens with two attached hydrogens (primary N) is 1. The zero-order valence-electron chi connectivity index (χ0n) is 15.6. The van der Waals surface area contributed by atoms with E-state index in [9.17, 15) is 5.26 Å². The third-order valence-corrected chi connectivity index (χ3v) is 4.51. The van der Waals surface area contributed by atoms with Gasteiger partial charge in [-0.3, -0.25) is 0 Å². The van der Waals surface area contributed by atoms with Gasteiger partial charge in [0.25, 0.3) is 0 Å². The van der Waals surface area contributed by atoms with Crippen molar-refractivity contribution in [1.29, 1.82) is 5.26 Å². The van der Waals surface area contributed by atoms with Crippen molar-refractivity contribution >= 4 is 5.82 Å². The van der Waals surface area contributed by atoms with Crippen LogP contribution in [0.4, 0.5) is 5.82 Å². The molecule has 1 aromatic heterocycles. The molecule has 0 atom stereocenters. The highest BCUT2D eigenvalue weighted by Crippen LogP contribution is 2.38. The van der Waals surface area contributed by atoms with Crippen molar-refractivity contribution < 1.29 is 9.47 Å². The van der Waals surface area contributed by atoms with E-state index in [0.29, 0.717) is 28.3 Å². The summed E-state index contributed by atoms with van der Waals surface area (Å²) in [6.07, 6.45) is 0.968. The highest BCUT2D eigenvalue weighted by molar-refractivity contribution is 5.83. The van der Waals surface area contributed by atoms with Gasteiger partial charge in [-0.1, -0.05) is 31.2 Å². The molecule has 0 spiro atoms. The van der Waals surface area contributed by atoms with Gasteiger partial charge in [0.05, 0.1) is 19.9 Å². The number of pyridine rings is 1. The lowest BCUT2D eigenvalue weighted by molar-refractivity contribution is 0.404. The van der Waals surface area contributed by atoms with Crippen LogP contribution in [0, 0.1) is 11.3 Å². The van der Waals surface area contributed by atoms with Crippen LogP contribution in [0.3, 0.4) is 0 Å². The Bertz CT molecular complexity index is 1010. The second kappa shape index (κ2) is 7.79. The van der Waals surface area contributed by atoms with Crippen molar-refractivity contribution in [2.24, 2.45) is 0 Å². The third kappa shape index (κ3) is 3.56. The minimum atomic E-state index is 0.189. The molecular weight excluding hydrogens is 338 g/mol. The number of rotatable bonds is 5. The van der Waals surface area contributed by atoms with Crippen LogP contribution in [0.1, 0.15) is 18.1 Å². The number of nitrogen functional groups attached to an aromatic ring is 1. The molecule has 1 heterocycles. The van der Waals surface area contributed by atoms with Gasteiger partial charge in [-0.15, -0.1) is 0 Å². The highest BCUT2D eigenvalue weighted by atomic mass is 16.5. The maximum absolute atomic E-state index is 9.64. The van der Waals surface area contributed by atoms with Gasteiger partial charge < -0.3 is 15.2 Å². The number of nitriles is 1. The number of methoxy groups -OCH3 is 2. The molecule has 0 bridgehead atoms. The summed E-state index contributed by atoms with van der Waals surface area (Å²) in [6.45, 7) is 2.11. The van der Waals surface area contributed by atoms with Crippen LogP contribution in [0.5, 0.6) is 11.5 Å². The third-order valence-electron chi connectivity index (χ3n) is 4.51. The molecule has 0 saturated carbocycles. The van der Waals surface area contributed by atoms with Gasteiger partial charge in [-0.25, -0.2) is 4.98 Å². The number of hydrogen-bond acceptors (Lipinski definition) is 5. The maximum atomic E-state index is 9.64. The van der Waals surface area contributed by atoms with Crippen LogP contribution in [-0.4, -0.2) is 19.2 Å². The molecule has 0 fully saturated rings. The Labute approximate surface area is 159 Å². The molecular formula is C22H21N3O2. The molecule has 2 N–H and O–H groups in total. The number of ether oxygens (including phenoxy) is 2. The summed E-state index contributed by atoms with van der Waals surface area (Å²) >= 11 is 0. The fourth-order valence-corrected chi connectivity index (χ4v) is 2.98.